The largest absolute Gasteiger partial charge is 0.478 e. The monoisotopic (exact) mass is 165 g/mol. The Bertz CT molecular complexity index is 264. The third kappa shape index (κ3) is 2.34. The van der Waals surface area contributed by atoms with Gasteiger partial charge in [0.1, 0.15) is 0 Å². The molecule has 64 valence electrons. The van der Waals surface area contributed by atoms with Crippen molar-refractivity contribution in [2.24, 2.45) is 4.99 Å². The van der Waals surface area contributed by atoms with Crippen molar-refractivity contribution < 1.29 is 9.90 Å². The van der Waals surface area contributed by atoms with E-state index in [2.05, 4.69) is 4.99 Å². The number of carbonyl (C=O) groups is 1. The number of nitrogens with zero attached hydrogens (tertiary/aromatic N) is 1. The van der Waals surface area contributed by atoms with Gasteiger partial charge in [-0.3, -0.25) is 4.99 Å². The molecular formula is C9H11NO2. The minimum absolute atomic E-state index is 0.150. The number of carboxylic acids is 1. The summed E-state index contributed by atoms with van der Waals surface area (Å²) < 4.78 is 0. The van der Waals surface area contributed by atoms with Crippen LogP contribution in [0.1, 0.15) is 13.3 Å². The minimum atomic E-state index is -0.874. The Morgan fingerprint density at radius 3 is 3.17 bits per heavy atom. The van der Waals surface area contributed by atoms with Gasteiger partial charge < -0.3 is 5.11 Å². The molecule has 1 aliphatic heterocycles. The molecule has 0 aromatic carbocycles. The van der Waals surface area contributed by atoms with Crippen molar-refractivity contribution in [1.82, 2.24) is 0 Å². The number of hydrogen-bond donors (Lipinski definition) is 1. The van der Waals surface area contributed by atoms with Crippen molar-refractivity contribution in [3.63, 3.8) is 0 Å². The Labute approximate surface area is 71.1 Å². The van der Waals surface area contributed by atoms with Crippen LogP contribution in [-0.4, -0.2) is 23.3 Å². The molecule has 0 saturated carbocycles. The molecule has 1 aliphatic rings. The molecule has 1 atom stereocenters. The zero-order valence-electron chi connectivity index (χ0n) is 6.90. The van der Waals surface area contributed by atoms with Gasteiger partial charge in [0.2, 0.25) is 0 Å². The van der Waals surface area contributed by atoms with Gasteiger partial charge in [0, 0.05) is 11.8 Å². The predicted octanol–water partition coefficient (Wildman–Crippen LogP) is 1.42. The highest BCUT2D eigenvalue weighted by atomic mass is 16.4. The molecule has 0 amide bonds. The molecule has 1 rings (SSSR count). The van der Waals surface area contributed by atoms with Gasteiger partial charge in [0.25, 0.3) is 0 Å². The molecule has 12 heavy (non-hydrogen) atoms. The molecule has 0 radical (unpaired) electrons. The number of aliphatic imine (C=N–C) groups is 1. The summed E-state index contributed by atoms with van der Waals surface area (Å²) in [6.07, 6.45) is 7.30. The van der Waals surface area contributed by atoms with Crippen molar-refractivity contribution in [1.29, 1.82) is 0 Å². The first kappa shape index (κ1) is 8.71. The summed E-state index contributed by atoms with van der Waals surface area (Å²) in [5.41, 5.74) is 0.377. The molecule has 0 aliphatic carbocycles. The fourth-order valence-electron chi connectivity index (χ4n) is 0.937. The van der Waals surface area contributed by atoms with Gasteiger partial charge in [-0.05, 0) is 19.4 Å². The fourth-order valence-corrected chi connectivity index (χ4v) is 0.937. The molecule has 3 heteroatoms. The lowest BCUT2D eigenvalue weighted by molar-refractivity contribution is -0.132. The lowest BCUT2D eigenvalue weighted by Gasteiger charge is -2.02. The quantitative estimate of drug-likeness (QED) is 0.597. The summed E-state index contributed by atoms with van der Waals surface area (Å²) in [4.78, 5) is 14.6. The Morgan fingerprint density at radius 1 is 1.75 bits per heavy atom. The van der Waals surface area contributed by atoms with Crippen molar-refractivity contribution in [3.05, 3.63) is 23.8 Å². The van der Waals surface area contributed by atoms with Gasteiger partial charge in [-0.2, -0.15) is 0 Å². The molecule has 0 bridgehead atoms. The second-order valence-corrected chi connectivity index (χ2v) is 2.67. The summed E-state index contributed by atoms with van der Waals surface area (Å²) in [7, 11) is 0. The Kier molecular flexibility index (Phi) is 2.80. The lowest BCUT2D eigenvalue weighted by atomic mass is 10.1. The fraction of sp³-hybridized carbons (Fsp3) is 0.333. The Hall–Kier alpha value is -1.38. The zero-order valence-corrected chi connectivity index (χ0v) is 6.90. The average Bonchev–Trinajstić information content (AvgIpc) is 1.95. The molecular weight excluding hydrogens is 154 g/mol. The molecule has 0 aromatic heterocycles. The van der Waals surface area contributed by atoms with E-state index in [1.807, 2.05) is 19.1 Å². The van der Waals surface area contributed by atoms with Crippen LogP contribution in [0.25, 0.3) is 0 Å². The molecule has 3 nitrogen and oxygen atoms in total. The summed E-state index contributed by atoms with van der Waals surface area (Å²) in [5.74, 6) is -0.874. The SMILES string of the molecule is CC1C=CC/C(C(=O)O)=C\C=N1. The first-order valence-corrected chi connectivity index (χ1v) is 3.82. The molecule has 1 heterocycles. The Balaban J connectivity index is 2.80. The smallest absolute Gasteiger partial charge is 0.331 e. The summed E-state index contributed by atoms with van der Waals surface area (Å²) in [6, 6.07) is 0.150. The van der Waals surface area contributed by atoms with Gasteiger partial charge in [-0.15, -0.1) is 0 Å². The van der Waals surface area contributed by atoms with E-state index in [1.54, 1.807) is 12.3 Å². The van der Waals surface area contributed by atoms with E-state index in [0.717, 1.165) is 0 Å². The van der Waals surface area contributed by atoms with Gasteiger partial charge >= 0.3 is 5.97 Å². The first-order chi connectivity index (χ1) is 5.70. The number of allylic oxidation sites excluding steroid dienone is 2. The summed E-state index contributed by atoms with van der Waals surface area (Å²) in [5, 5.41) is 8.66. The highest BCUT2D eigenvalue weighted by molar-refractivity contribution is 5.92. The van der Waals surface area contributed by atoms with Crippen molar-refractivity contribution in [2.45, 2.75) is 19.4 Å². The van der Waals surface area contributed by atoms with Crippen molar-refractivity contribution in [2.75, 3.05) is 0 Å². The average molecular weight is 165 g/mol. The highest BCUT2D eigenvalue weighted by Crippen LogP contribution is 2.06. The molecule has 0 spiro atoms. The second-order valence-electron chi connectivity index (χ2n) is 2.67. The molecule has 0 aromatic rings. The van der Waals surface area contributed by atoms with E-state index in [0.29, 0.717) is 12.0 Å². The van der Waals surface area contributed by atoms with Crippen molar-refractivity contribution >= 4 is 12.2 Å². The van der Waals surface area contributed by atoms with E-state index < -0.39 is 5.97 Å². The number of aliphatic carboxylic acids is 1. The highest BCUT2D eigenvalue weighted by Gasteiger charge is 2.05. The van der Waals surface area contributed by atoms with Gasteiger partial charge in [-0.25, -0.2) is 4.79 Å². The van der Waals surface area contributed by atoms with E-state index in [9.17, 15) is 4.79 Å². The maximum absolute atomic E-state index is 10.5. The number of carboxylic acid groups (broad SMARTS) is 1. The summed E-state index contributed by atoms with van der Waals surface area (Å²) in [6.45, 7) is 1.95. The van der Waals surface area contributed by atoms with Crippen LogP contribution in [0.2, 0.25) is 0 Å². The van der Waals surface area contributed by atoms with Gasteiger partial charge in [0.05, 0.1) is 6.04 Å². The third-order valence-corrected chi connectivity index (χ3v) is 1.62. The second kappa shape index (κ2) is 3.85. The zero-order chi connectivity index (χ0) is 8.97. The lowest BCUT2D eigenvalue weighted by Crippen LogP contribution is -2.02. The van der Waals surface area contributed by atoms with Crippen LogP contribution in [0.5, 0.6) is 0 Å². The van der Waals surface area contributed by atoms with Crippen LogP contribution in [0.15, 0.2) is 28.8 Å². The minimum Gasteiger partial charge on any atom is -0.478 e. The van der Waals surface area contributed by atoms with Gasteiger partial charge in [0.15, 0.2) is 0 Å². The topological polar surface area (TPSA) is 49.7 Å². The molecule has 0 saturated heterocycles. The normalized spacial score (nSPS) is 27.1. The van der Waals surface area contributed by atoms with Crippen LogP contribution < -0.4 is 0 Å². The number of hydrogen-bond acceptors (Lipinski definition) is 2. The van der Waals surface area contributed by atoms with Crippen LogP contribution in [0, 0.1) is 0 Å². The standard InChI is InChI=1S/C9H11NO2/c1-7-3-2-4-8(9(11)12)5-6-10-7/h2-3,5-7H,4H2,1H3,(H,11,12)/b3-2?,8-5+,10-6?. The first-order valence-electron chi connectivity index (χ1n) is 3.82. The van der Waals surface area contributed by atoms with Crippen LogP contribution in [-0.2, 0) is 4.79 Å². The van der Waals surface area contributed by atoms with Gasteiger partial charge in [-0.1, -0.05) is 12.2 Å². The van der Waals surface area contributed by atoms with E-state index in [4.69, 9.17) is 5.11 Å². The van der Waals surface area contributed by atoms with Crippen LogP contribution in [0.4, 0.5) is 0 Å². The summed E-state index contributed by atoms with van der Waals surface area (Å²) >= 11 is 0. The molecule has 0 fully saturated rings. The number of rotatable bonds is 1. The van der Waals surface area contributed by atoms with E-state index in [1.165, 1.54) is 0 Å². The molecule has 1 N–H and O–H groups in total. The van der Waals surface area contributed by atoms with Crippen LogP contribution >= 0.6 is 0 Å². The maximum atomic E-state index is 10.5. The van der Waals surface area contributed by atoms with Crippen LogP contribution in [0.3, 0.4) is 0 Å². The Morgan fingerprint density at radius 2 is 2.50 bits per heavy atom. The molecule has 1 unspecified atom stereocenters. The van der Waals surface area contributed by atoms with E-state index in [-0.39, 0.29) is 6.04 Å². The maximum Gasteiger partial charge on any atom is 0.331 e. The predicted molar refractivity (Wildman–Crippen MR) is 47.4 cm³/mol. The van der Waals surface area contributed by atoms with Crippen molar-refractivity contribution in [3.8, 4) is 0 Å². The van der Waals surface area contributed by atoms with E-state index >= 15 is 0 Å². The third-order valence-electron chi connectivity index (χ3n) is 1.62.